The zero-order valence-corrected chi connectivity index (χ0v) is 20.2. The number of allylic oxidation sites excluding steroid dienone is 2. The van der Waals surface area contributed by atoms with Crippen LogP contribution >= 0.6 is 0 Å². The van der Waals surface area contributed by atoms with Crippen LogP contribution in [0.3, 0.4) is 0 Å². The molecule has 0 aliphatic carbocycles. The Hall–Kier alpha value is -4.04. The molecule has 2 amide bonds. The second kappa shape index (κ2) is 13.9. The highest BCUT2D eigenvalue weighted by Gasteiger charge is 2.28. The quantitative estimate of drug-likeness (QED) is 0.183. The number of aliphatic hydroxyl groups is 4. The Morgan fingerprint density at radius 3 is 1.81 bits per heavy atom. The number of hydrogen-bond donors (Lipinski definition) is 6. The van der Waals surface area contributed by atoms with Gasteiger partial charge in [-0.25, -0.2) is 9.59 Å². The number of anilines is 1. The molecule has 37 heavy (non-hydrogen) atoms. The maximum absolute atomic E-state index is 12.8. The van der Waals surface area contributed by atoms with Crippen LogP contribution in [0, 0.1) is 0 Å². The minimum Gasteiger partial charge on any atom is -0.465 e. The molecule has 2 rings (SSSR count). The number of hydrogen-bond acceptors (Lipinski definition) is 11. The van der Waals surface area contributed by atoms with E-state index >= 15 is 0 Å². The Labute approximate surface area is 212 Å². The molecule has 0 saturated carbocycles. The summed E-state index contributed by atoms with van der Waals surface area (Å²) in [7, 11) is 2.25. The number of aliphatic hydroxyl groups excluding tert-OH is 4. The Bertz CT molecular complexity index is 1070. The zero-order chi connectivity index (χ0) is 27.5. The lowest BCUT2D eigenvalue weighted by molar-refractivity contribution is -0.139. The first-order valence-corrected chi connectivity index (χ1v) is 11.0. The average Bonchev–Trinajstić information content (AvgIpc) is 3.16. The summed E-state index contributed by atoms with van der Waals surface area (Å²) in [5, 5.41) is 41.9. The van der Waals surface area contributed by atoms with Crippen LogP contribution in [0.25, 0.3) is 0 Å². The van der Waals surface area contributed by atoms with E-state index in [1.807, 2.05) is 0 Å². The Morgan fingerprint density at radius 1 is 0.838 bits per heavy atom. The van der Waals surface area contributed by atoms with Gasteiger partial charge in [0.05, 0.1) is 45.2 Å². The minimum absolute atomic E-state index is 0.0649. The fourth-order valence-corrected chi connectivity index (χ4v) is 3.13. The van der Waals surface area contributed by atoms with Crippen LogP contribution in [0.4, 0.5) is 5.69 Å². The normalized spacial score (nSPS) is 14.5. The molecule has 0 aromatic heterocycles. The van der Waals surface area contributed by atoms with E-state index in [0.29, 0.717) is 0 Å². The van der Waals surface area contributed by atoms with Crippen molar-refractivity contribution in [3.63, 3.8) is 0 Å². The van der Waals surface area contributed by atoms with Crippen molar-refractivity contribution in [3.05, 3.63) is 65.0 Å². The maximum atomic E-state index is 12.8. The van der Waals surface area contributed by atoms with Gasteiger partial charge in [-0.05, 0) is 30.4 Å². The van der Waals surface area contributed by atoms with Crippen LogP contribution < -0.4 is 15.5 Å². The summed E-state index contributed by atoms with van der Waals surface area (Å²) in [6.45, 7) is -1.74. The van der Waals surface area contributed by atoms with Crippen molar-refractivity contribution in [2.45, 2.75) is 12.2 Å². The largest absolute Gasteiger partial charge is 0.465 e. The van der Waals surface area contributed by atoms with Gasteiger partial charge in [-0.1, -0.05) is 6.08 Å². The molecule has 2 atom stereocenters. The number of carbonyl (C=O) groups excluding carboxylic acids is 4. The number of carbonyl (C=O) groups is 4. The summed E-state index contributed by atoms with van der Waals surface area (Å²) in [4.78, 5) is 52.0. The van der Waals surface area contributed by atoms with Crippen molar-refractivity contribution in [3.8, 4) is 0 Å². The van der Waals surface area contributed by atoms with Gasteiger partial charge in [-0.3, -0.25) is 9.59 Å². The van der Waals surface area contributed by atoms with E-state index in [4.69, 9.17) is 19.7 Å². The van der Waals surface area contributed by atoms with Gasteiger partial charge in [0.1, 0.15) is 5.70 Å². The van der Waals surface area contributed by atoms with Crippen LogP contribution in [0.5, 0.6) is 0 Å². The molecule has 0 spiro atoms. The third-order valence-electron chi connectivity index (χ3n) is 5.03. The summed E-state index contributed by atoms with van der Waals surface area (Å²) >= 11 is 0. The Kier molecular flexibility index (Phi) is 11.0. The molecule has 200 valence electrons. The molecular weight excluding hydrogens is 490 g/mol. The molecule has 0 saturated heterocycles. The van der Waals surface area contributed by atoms with Gasteiger partial charge >= 0.3 is 11.9 Å². The maximum Gasteiger partial charge on any atom is 0.355 e. The predicted molar refractivity (Wildman–Crippen MR) is 129 cm³/mol. The second-order valence-corrected chi connectivity index (χ2v) is 7.68. The predicted octanol–water partition coefficient (Wildman–Crippen LogP) is -1.66. The summed E-state index contributed by atoms with van der Waals surface area (Å²) < 4.78 is 9.64. The molecule has 1 heterocycles. The van der Waals surface area contributed by atoms with E-state index in [9.17, 15) is 29.4 Å². The number of nitrogens with one attached hydrogen (secondary N) is 2. The molecule has 13 heteroatoms. The van der Waals surface area contributed by atoms with E-state index in [-0.39, 0.29) is 41.2 Å². The highest BCUT2D eigenvalue weighted by molar-refractivity contribution is 6.06. The lowest BCUT2D eigenvalue weighted by Gasteiger charge is -2.24. The number of ether oxygens (including phenoxy) is 2. The van der Waals surface area contributed by atoms with Gasteiger partial charge in [-0.15, -0.1) is 0 Å². The number of esters is 2. The summed E-state index contributed by atoms with van der Waals surface area (Å²) in [6, 6.07) is 3.88. The third-order valence-corrected chi connectivity index (χ3v) is 5.03. The molecule has 0 radical (unpaired) electrons. The third kappa shape index (κ3) is 7.72. The Morgan fingerprint density at radius 2 is 1.35 bits per heavy atom. The molecule has 1 aromatic carbocycles. The van der Waals surface area contributed by atoms with Gasteiger partial charge in [0.2, 0.25) is 0 Å². The van der Waals surface area contributed by atoms with Crippen molar-refractivity contribution >= 4 is 29.4 Å². The van der Waals surface area contributed by atoms with Crippen molar-refractivity contribution in [2.75, 3.05) is 45.4 Å². The smallest absolute Gasteiger partial charge is 0.355 e. The Balaban J connectivity index is 2.64. The first-order valence-electron chi connectivity index (χ1n) is 11.0. The topological polar surface area (TPSA) is 195 Å². The molecule has 0 fully saturated rings. The first kappa shape index (κ1) is 29.2. The molecule has 2 unspecified atom stereocenters. The van der Waals surface area contributed by atoms with Crippen LogP contribution in [-0.2, 0) is 19.1 Å². The van der Waals surface area contributed by atoms with Gasteiger partial charge in [0, 0.05) is 36.1 Å². The fourth-order valence-electron chi connectivity index (χ4n) is 3.13. The monoisotopic (exact) mass is 519 g/mol. The highest BCUT2D eigenvalue weighted by atomic mass is 16.5. The van der Waals surface area contributed by atoms with E-state index in [1.54, 1.807) is 0 Å². The van der Waals surface area contributed by atoms with Crippen molar-refractivity contribution in [1.82, 2.24) is 10.6 Å². The summed E-state index contributed by atoms with van der Waals surface area (Å²) in [6.07, 6.45) is 3.29. The SMILES string of the molecule is COC(=O)C1=C(C(=O)OC)N(c2cc(C(=O)NCC(O)CO)cc(C(=O)NCC(O)CO)c2)C=CC=C1. The first-order chi connectivity index (χ1) is 17.7. The summed E-state index contributed by atoms with van der Waals surface area (Å²) in [5.41, 5.74) is -0.438. The van der Waals surface area contributed by atoms with Gasteiger partial charge in [0.15, 0.2) is 0 Å². The number of amides is 2. The summed E-state index contributed by atoms with van der Waals surface area (Å²) in [5.74, 6) is -3.18. The van der Waals surface area contributed by atoms with Crippen molar-refractivity contribution < 1.29 is 49.1 Å². The molecule has 13 nitrogen and oxygen atoms in total. The van der Waals surface area contributed by atoms with Crippen LogP contribution in [-0.4, -0.2) is 96.9 Å². The van der Waals surface area contributed by atoms with Gasteiger partial charge in [-0.2, -0.15) is 0 Å². The molecule has 0 bridgehead atoms. The molecular formula is C24H29N3O10. The number of methoxy groups -OCH3 is 2. The number of rotatable bonds is 11. The molecule has 6 N–H and O–H groups in total. The molecule has 1 aliphatic heterocycles. The van der Waals surface area contributed by atoms with Crippen molar-refractivity contribution in [2.24, 2.45) is 0 Å². The van der Waals surface area contributed by atoms with Gasteiger partial charge < -0.3 is 45.4 Å². The lowest BCUT2D eigenvalue weighted by atomic mass is 10.1. The highest BCUT2D eigenvalue weighted by Crippen LogP contribution is 2.28. The van der Waals surface area contributed by atoms with Crippen molar-refractivity contribution in [1.29, 1.82) is 0 Å². The number of benzene rings is 1. The van der Waals surface area contributed by atoms with E-state index < -0.39 is 49.2 Å². The second-order valence-electron chi connectivity index (χ2n) is 7.68. The fraction of sp³-hybridized carbons (Fsp3) is 0.333. The zero-order valence-electron chi connectivity index (χ0n) is 20.2. The average molecular weight is 520 g/mol. The van der Waals surface area contributed by atoms with E-state index in [2.05, 4.69) is 10.6 Å². The van der Waals surface area contributed by atoms with E-state index in [1.165, 1.54) is 47.5 Å². The minimum atomic E-state index is -1.22. The van der Waals surface area contributed by atoms with Crippen LogP contribution in [0.15, 0.2) is 53.9 Å². The van der Waals surface area contributed by atoms with Crippen LogP contribution in [0.1, 0.15) is 20.7 Å². The number of nitrogens with zero attached hydrogens (tertiary/aromatic N) is 1. The molecule has 1 aliphatic rings. The van der Waals surface area contributed by atoms with Crippen LogP contribution in [0.2, 0.25) is 0 Å². The molecule has 1 aromatic rings. The lowest BCUT2D eigenvalue weighted by Crippen LogP contribution is -2.35. The van der Waals surface area contributed by atoms with E-state index in [0.717, 1.165) is 14.2 Å². The van der Waals surface area contributed by atoms with Gasteiger partial charge in [0.25, 0.3) is 11.8 Å². The standard InChI is InChI=1S/C24H29N3O10/c1-36-23(34)19-5-3-4-6-27(20(19)24(35)37-2)16-8-14(21(32)25-10-17(30)12-28)7-15(9-16)22(33)26-11-18(31)13-29/h3-9,17-18,28-31H,10-13H2,1-2H3,(H,25,32)(H,26,33).